The van der Waals surface area contributed by atoms with Crippen LogP contribution in [0.2, 0.25) is 0 Å². The van der Waals surface area contributed by atoms with E-state index in [2.05, 4.69) is 10.2 Å². The maximum atomic E-state index is 12.4. The minimum absolute atomic E-state index is 0.125. The van der Waals surface area contributed by atoms with Crippen LogP contribution >= 0.6 is 0 Å². The summed E-state index contributed by atoms with van der Waals surface area (Å²) in [6, 6.07) is 13.8. The zero-order valence-corrected chi connectivity index (χ0v) is 16.0. The molecule has 2 fully saturated rings. The lowest BCUT2D eigenvalue weighted by Gasteiger charge is -2.30. The molecule has 1 aliphatic carbocycles. The molecule has 1 N–H and O–H groups in total. The van der Waals surface area contributed by atoms with Crippen molar-refractivity contribution in [2.75, 3.05) is 18.4 Å². The van der Waals surface area contributed by atoms with Crippen molar-refractivity contribution in [2.45, 2.75) is 38.5 Å². The first-order valence-corrected chi connectivity index (χ1v) is 10.3. The first-order chi connectivity index (χ1) is 13.8. The lowest BCUT2D eigenvalue weighted by molar-refractivity contribution is -0.122. The molecular formula is C23H25N3O2. The fourth-order valence-electron chi connectivity index (χ4n) is 4.06. The highest BCUT2D eigenvalue weighted by atomic mass is 16.5. The number of amidine groups is 1. The van der Waals surface area contributed by atoms with Crippen LogP contribution in [0.5, 0.6) is 11.5 Å². The third-order valence-electron chi connectivity index (χ3n) is 5.93. The molecule has 2 aromatic carbocycles. The average Bonchev–Trinajstić information content (AvgIpc) is 2.84. The van der Waals surface area contributed by atoms with E-state index in [1.54, 1.807) is 0 Å². The van der Waals surface area contributed by atoms with Crippen molar-refractivity contribution >= 4 is 23.1 Å². The third-order valence-corrected chi connectivity index (χ3v) is 5.93. The molecule has 2 aliphatic heterocycles. The van der Waals surface area contributed by atoms with E-state index in [0.29, 0.717) is 0 Å². The first-order valence-electron chi connectivity index (χ1n) is 10.3. The number of fused-ring (bicyclic) bond motifs is 2. The van der Waals surface area contributed by atoms with Gasteiger partial charge in [0.25, 0.3) is 0 Å². The van der Waals surface area contributed by atoms with Crippen LogP contribution in [0.1, 0.15) is 44.1 Å². The lowest BCUT2D eigenvalue weighted by Crippen LogP contribution is -2.36. The van der Waals surface area contributed by atoms with Crippen LogP contribution in [0.4, 0.5) is 11.4 Å². The van der Waals surface area contributed by atoms with Gasteiger partial charge in [0.2, 0.25) is 5.91 Å². The van der Waals surface area contributed by atoms with E-state index in [1.807, 2.05) is 42.5 Å². The second kappa shape index (κ2) is 7.30. The molecule has 0 unspecified atom stereocenters. The second-order valence-electron chi connectivity index (χ2n) is 7.88. The Morgan fingerprint density at radius 2 is 1.82 bits per heavy atom. The Labute approximate surface area is 165 Å². The Bertz CT molecular complexity index is 927. The molecule has 1 saturated carbocycles. The van der Waals surface area contributed by atoms with Crippen LogP contribution in [0, 0.1) is 5.92 Å². The molecule has 0 bridgehead atoms. The van der Waals surface area contributed by atoms with Crippen molar-refractivity contribution in [3.05, 3.63) is 48.0 Å². The summed E-state index contributed by atoms with van der Waals surface area (Å²) >= 11 is 0. The zero-order chi connectivity index (χ0) is 18.9. The van der Waals surface area contributed by atoms with Crippen molar-refractivity contribution in [1.82, 2.24) is 4.90 Å². The van der Waals surface area contributed by atoms with E-state index >= 15 is 0 Å². The minimum atomic E-state index is 0.125. The van der Waals surface area contributed by atoms with Gasteiger partial charge in [-0.05, 0) is 62.4 Å². The molecule has 0 atom stereocenters. The van der Waals surface area contributed by atoms with E-state index in [0.717, 1.165) is 66.6 Å². The summed E-state index contributed by atoms with van der Waals surface area (Å²) in [5.74, 6) is 2.78. The summed E-state index contributed by atoms with van der Waals surface area (Å²) in [7, 11) is 0. The molecule has 1 amide bonds. The summed E-state index contributed by atoms with van der Waals surface area (Å²) < 4.78 is 6.21. The molecule has 3 aliphatic rings. The number of hydrogen-bond donors (Lipinski definition) is 1. The van der Waals surface area contributed by atoms with Crippen molar-refractivity contribution < 1.29 is 9.53 Å². The van der Waals surface area contributed by atoms with Crippen molar-refractivity contribution in [3.63, 3.8) is 0 Å². The molecule has 28 heavy (non-hydrogen) atoms. The number of para-hydroxylation sites is 2. The van der Waals surface area contributed by atoms with E-state index in [4.69, 9.17) is 9.73 Å². The standard InChI is InChI=1S/C23H25N3O2/c27-23(16-7-6-8-16)24-17-11-12-20-18(15-17)22(26-13-4-1-5-14-26)25-19-9-2-3-10-21(19)28-20/h2-3,9-12,15-16H,1,4-8,13-14H2,(H,24,27). The number of nitrogens with one attached hydrogen (secondary N) is 1. The Kier molecular flexibility index (Phi) is 4.51. The van der Waals surface area contributed by atoms with Crippen LogP contribution < -0.4 is 10.1 Å². The Morgan fingerprint density at radius 1 is 1.00 bits per heavy atom. The van der Waals surface area contributed by atoms with Crippen LogP contribution in [0.3, 0.4) is 0 Å². The summed E-state index contributed by atoms with van der Waals surface area (Å²) in [5.41, 5.74) is 2.61. The van der Waals surface area contributed by atoms with Crippen molar-refractivity contribution in [3.8, 4) is 11.5 Å². The van der Waals surface area contributed by atoms with Gasteiger partial charge >= 0.3 is 0 Å². The molecule has 5 nitrogen and oxygen atoms in total. The SMILES string of the molecule is O=C(Nc1ccc2c(c1)C(N1CCCCC1)=Nc1ccccc1O2)C1CCC1. The summed E-state index contributed by atoms with van der Waals surface area (Å²) in [6.45, 7) is 2.00. The smallest absolute Gasteiger partial charge is 0.227 e. The number of ether oxygens (including phenoxy) is 1. The van der Waals surface area contributed by atoms with Gasteiger partial charge in [-0.1, -0.05) is 18.6 Å². The number of piperidine rings is 1. The fraction of sp³-hybridized carbons (Fsp3) is 0.391. The molecule has 2 aromatic rings. The monoisotopic (exact) mass is 375 g/mol. The van der Waals surface area contributed by atoms with Gasteiger partial charge in [-0.15, -0.1) is 0 Å². The molecule has 2 heterocycles. The number of hydrogen-bond acceptors (Lipinski definition) is 4. The van der Waals surface area contributed by atoms with Crippen molar-refractivity contribution in [2.24, 2.45) is 10.9 Å². The number of aliphatic imine (C=N–C) groups is 1. The normalized spacial score (nSPS) is 18.7. The maximum Gasteiger partial charge on any atom is 0.227 e. The van der Waals surface area contributed by atoms with Crippen LogP contribution in [-0.4, -0.2) is 29.7 Å². The van der Waals surface area contributed by atoms with Gasteiger partial charge in [0, 0.05) is 24.7 Å². The highest BCUT2D eigenvalue weighted by Gasteiger charge is 2.27. The molecule has 1 saturated heterocycles. The highest BCUT2D eigenvalue weighted by molar-refractivity contribution is 6.05. The highest BCUT2D eigenvalue weighted by Crippen LogP contribution is 2.39. The second-order valence-corrected chi connectivity index (χ2v) is 7.88. The topological polar surface area (TPSA) is 53.9 Å². The Morgan fingerprint density at radius 3 is 2.61 bits per heavy atom. The number of rotatable bonds is 2. The number of nitrogens with zero attached hydrogens (tertiary/aromatic N) is 2. The largest absolute Gasteiger partial charge is 0.454 e. The molecule has 0 aromatic heterocycles. The Balaban J connectivity index is 1.53. The first kappa shape index (κ1) is 17.3. The number of likely N-dealkylation sites (tertiary alicyclic amines) is 1. The van der Waals surface area contributed by atoms with Crippen LogP contribution in [0.25, 0.3) is 0 Å². The lowest BCUT2D eigenvalue weighted by atomic mass is 9.85. The minimum Gasteiger partial charge on any atom is -0.454 e. The van der Waals surface area contributed by atoms with Gasteiger partial charge in [0.05, 0.1) is 5.56 Å². The number of carbonyl (C=O) groups is 1. The van der Waals surface area contributed by atoms with Gasteiger partial charge in [0.1, 0.15) is 17.3 Å². The van der Waals surface area contributed by atoms with E-state index in [-0.39, 0.29) is 11.8 Å². The number of benzene rings is 2. The van der Waals surface area contributed by atoms with E-state index < -0.39 is 0 Å². The number of anilines is 1. The quantitative estimate of drug-likeness (QED) is 0.795. The predicted octanol–water partition coefficient (Wildman–Crippen LogP) is 5.10. The molecule has 0 spiro atoms. The molecule has 5 heteroatoms. The zero-order valence-electron chi connectivity index (χ0n) is 16.0. The van der Waals surface area contributed by atoms with Gasteiger partial charge in [-0.25, -0.2) is 4.99 Å². The van der Waals surface area contributed by atoms with Gasteiger partial charge in [-0.3, -0.25) is 4.79 Å². The summed E-state index contributed by atoms with van der Waals surface area (Å²) in [4.78, 5) is 19.8. The van der Waals surface area contributed by atoms with Gasteiger partial charge in [0.15, 0.2) is 5.75 Å². The number of amides is 1. The maximum absolute atomic E-state index is 12.4. The Hall–Kier alpha value is -2.82. The van der Waals surface area contributed by atoms with E-state index in [1.165, 1.54) is 19.3 Å². The fourth-order valence-corrected chi connectivity index (χ4v) is 4.06. The summed E-state index contributed by atoms with van der Waals surface area (Å²) in [5, 5.41) is 3.09. The number of carbonyl (C=O) groups excluding carboxylic acids is 1. The van der Waals surface area contributed by atoms with Crippen LogP contribution in [0.15, 0.2) is 47.5 Å². The molecule has 5 rings (SSSR count). The molecule has 0 radical (unpaired) electrons. The predicted molar refractivity (Wildman–Crippen MR) is 111 cm³/mol. The van der Waals surface area contributed by atoms with E-state index in [9.17, 15) is 4.79 Å². The summed E-state index contributed by atoms with van der Waals surface area (Å²) in [6.07, 6.45) is 6.76. The van der Waals surface area contributed by atoms with Crippen LogP contribution in [-0.2, 0) is 4.79 Å². The molecule has 144 valence electrons. The van der Waals surface area contributed by atoms with Gasteiger partial charge in [-0.2, -0.15) is 0 Å². The third kappa shape index (κ3) is 3.26. The van der Waals surface area contributed by atoms with Crippen molar-refractivity contribution in [1.29, 1.82) is 0 Å². The average molecular weight is 375 g/mol. The molecular weight excluding hydrogens is 350 g/mol. The van der Waals surface area contributed by atoms with Gasteiger partial charge < -0.3 is 15.0 Å².